The number of carbonyl (C=O) groups is 5. The highest BCUT2D eigenvalue weighted by atomic mass is 16.4. The molecular weight excluding hydrogens is 436 g/mol. The van der Waals surface area contributed by atoms with Crippen LogP contribution >= 0.6 is 0 Å². The number of phenolic OH excluding ortho intramolecular Hbond substituents is 1. The topological polar surface area (TPSA) is 208 Å². The molecule has 0 radical (unpaired) electrons. The monoisotopic (exact) mass is 466 g/mol. The minimum absolute atomic E-state index is 0.0556. The quantitative estimate of drug-likeness (QED) is 0.189. The van der Waals surface area contributed by atoms with E-state index >= 15 is 0 Å². The number of carboxylic acids is 2. The Morgan fingerprint density at radius 3 is 2.06 bits per heavy atom. The van der Waals surface area contributed by atoms with Gasteiger partial charge in [0.25, 0.3) is 0 Å². The van der Waals surface area contributed by atoms with E-state index in [-0.39, 0.29) is 24.5 Å². The van der Waals surface area contributed by atoms with Crippen molar-refractivity contribution in [2.45, 2.75) is 51.2 Å². The van der Waals surface area contributed by atoms with Crippen LogP contribution in [0, 0.1) is 5.92 Å². The van der Waals surface area contributed by atoms with Gasteiger partial charge in [-0.15, -0.1) is 0 Å². The van der Waals surface area contributed by atoms with Crippen molar-refractivity contribution in [3.8, 4) is 5.75 Å². The Morgan fingerprint density at radius 2 is 1.55 bits per heavy atom. The molecule has 3 atom stereocenters. The molecule has 1 rings (SSSR count). The van der Waals surface area contributed by atoms with E-state index in [1.54, 1.807) is 26.0 Å². The number of phenols is 1. The van der Waals surface area contributed by atoms with Gasteiger partial charge < -0.3 is 37.0 Å². The molecule has 12 heteroatoms. The highest BCUT2D eigenvalue weighted by Gasteiger charge is 2.29. The number of nitrogens with two attached hydrogens (primary N) is 1. The van der Waals surface area contributed by atoms with Crippen LogP contribution in [0.15, 0.2) is 24.3 Å². The third-order valence-electron chi connectivity index (χ3n) is 4.50. The Hall–Kier alpha value is -3.67. The molecule has 3 amide bonds. The summed E-state index contributed by atoms with van der Waals surface area (Å²) in [6.45, 7) is 2.95. The summed E-state index contributed by atoms with van der Waals surface area (Å²) in [6, 6.07) is 2.29. The third-order valence-corrected chi connectivity index (χ3v) is 4.50. The molecule has 12 nitrogen and oxygen atoms in total. The van der Waals surface area contributed by atoms with Gasteiger partial charge in [0.1, 0.15) is 17.8 Å². The lowest BCUT2D eigenvalue weighted by Gasteiger charge is -2.21. The van der Waals surface area contributed by atoms with E-state index < -0.39 is 60.8 Å². The van der Waals surface area contributed by atoms with Crippen molar-refractivity contribution in [3.63, 3.8) is 0 Å². The fraction of sp³-hybridized carbons (Fsp3) is 0.476. The average molecular weight is 466 g/mol. The number of amides is 3. The summed E-state index contributed by atoms with van der Waals surface area (Å²) >= 11 is 0. The summed E-state index contributed by atoms with van der Waals surface area (Å²) in [5.41, 5.74) is 6.50. The Labute approximate surface area is 190 Å². The van der Waals surface area contributed by atoms with Crippen molar-refractivity contribution in [1.82, 2.24) is 16.0 Å². The van der Waals surface area contributed by atoms with Crippen LogP contribution in [0.5, 0.6) is 5.75 Å². The number of hydrogen-bond donors (Lipinski definition) is 7. The van der Waals surface area contributed by atoms with Crippen molar-refractivity contribution in [1.29, 1.82) is 0 Å². The minimum atomic E-state index is -1.54. The molecule has 1 aromatic carbocycles. The molecule has 0 heterocycles. The van der Waals surface area contributed by atoms with Crippen LogP contribution < -0.4 is 21.7 Å². The summed E-state index contributed by atoms with van der Waals surface area (Å²) in [5, 5.41) is 34.3. The van der Waals surface area contributed by atoms with Crippen LogP contribution in [0.4, 0.5) is 0 Å². The van der Waals surface area contributed by atoms with Gasteiger partial charge >= 0.3 is 11.9 Å². The molecule has 0 saturated carbocycles. The van der Waals surface area contributed by atoms with E-state index in [0.717, 1.165) is 0 Å². The van der Waals surface area contributed by atoms with Gasteiger partial charge in [0, 0.05) is 0 Å². The molecule has 1 aromatic rings. The van der Waals surface area contributed by atoms with E-state index in [2.05, 4.69) is 16.0 Å². The summed E-state index contributed by atoms with van der Waals surface area (Å²) < 4.78 is 0. The van der Waals surface area contributed by atoms with E-state index in [0.29, 0.717) is 5.56 Å². The van der Waals surface area contributed by atoms with Gasteiger partial charge in [0.2, 0.25) is 17.7 Å². The van der Waals surface area contributed by atoms with Gasteiger partial charge in [-0.25, -0.2) is 4.79 Å². The van der Waals surface area contributed by atoms with Crippen molar-refractivity contribution >= 4 is 29.7 Å². The second kappa shape index (κ2) is 13.0. The molecular formula is C21H30N4O8. The zero-order valence-corrected chi connectivity index (χ0v) is 18.4. The molecule has 0 saturated heterocycles. The lowest BCUT2D eigenvalue weighted by Crippen LogP contribution is -2.54. The van der Waals surface area contributed by atoms with Crippen LogP contribution in [0.1, 0.15) is 32.3 Å². The second-order valence-electron chi connectivity index (χ2n) is 7.94. The zero-order valence-electron chi connectivity index (χ0n) is 18.4. The van der Waals surface area contributed by atoms with Gasteiger partial charge in [-0.1, -0.05) is 26.0 Å². The summed E-state index contributed by atoms with van der Waals surface area (Å²) in [6.07, 6.45) is -0.520. The summed E-state index contributed by atoms with van der Waals surface area (Å²) in [5.74, 6) is -5.13. The molecule has 0 bridgehead atoms. The maximum Gasteiger partial charge on any atom is 0.326 e. The molecule has 3 unspecified atom stereocenters. The predicted octanol–water partition coefficient (Wildman–Crippen LogP) is -1.05. The first-order valence-corrected chi connectivity index (χ1v) is 10.2. The van der Waals surface area contributed by atoms with Crippen molar-refractivity contribution in [3.05, 3.63) is 29.8 Å². The Kier molecular flexibility index (Phi) is 10.8. The summed E-state index contributed by atoms with van der Waals surface area (Å²) in [7, 11) is 0. The van der Waals surface area contributed by atoms with Crippen molar-refractivity contribution in [2.24, 2.45) is 11.7 Å². The molecule has 0 aliphatic carbocycles. The molecule has 0 aliphatic rings. The first kappa shape index (κ1) is 27.4. The normalized spacial score (nSPS) is 13.5. The Balaban J connectivity index is 2.65. The van der Waals surface area contributed by atoms with E-state index in [1.807, 2.05) is 0 Å². The van der Waals surface area contributed by atoms with Gasteiger partial charge in [0.15, 0.2) is 0 Å². The molecule has 0 spiro atoms. The molecule has 0 aromatic heterocycles. The van der Waals surface area contributed by atoms with Crippen LogP contribution in [0.3, 0.4) is 0 Å². The highest BCUT2D eigenvalue weighted by Crippen LogP contribution is 2.11. The van der Waals surface area contributed by atoms with Crippen molar-refractivity contribution in [2.75, 3.05) is 6.54 Å². The Morgan fingerprint density at radius 1 is 0.939 bits per heavy atom. The van der Waals surface area contributed by atoms with Crippen LogP contribution in [0.2, 0.25) is 0 Å². The molecule has 8 N–H and O–H groups in total. The number of benzene rings is 1. The van der Waals surface area contributed by atoms with Crippen LogP contribution in [0.25, 0.3) is 0 Å². The van der Waals surface area contributed by atoms with E-state index in [9.17, 15) is 34.2 Å². The number of aliphatic carboxylic acids is 2. The lowest BCUT2D eigenvalue weighted by molar-refractivity contribution is -0.143. The molecule has 0 aliphatic heterocycles. The maximum atomic E-state index is 12.4. The number of aromatic hydroxyl groups is 1. The standard InChI is InChI=1S/C21H30N4O8/c1-11(2)7-16(21(32)33)25-20(31)15(9-18(28)29)24-17(27)10-23-19(30)14(22)8-12-3-5-13(26)6-4-12/h3-6,11,14-16,26H,7-10,22H2,1-2H3,(H,23,30)(H,24,27)(H,25,31)(H,28,29)(H,32,33). The van der Waals surface area contributed by atoms with E-state index in [4.69, 9.17) is 10.8 Å². The van der Waals surface area contributed by atoms with Gasteiger partial charge in [-0.2, -0.15) is 0 Å². The fourth-order valence-electron chi connectivity index (χ4n) is 2.87. The highest BCUT2D eigenvalue weighted by molar-refractivity contribution is 5.94. The smallest absolute Gasteiger partial charge is 0.326 e. The third kappa shape index (κ3) is 10.5. The number of hydrogen-bond acceptors (Lipinski definition) is 7. The molecule has 182 valence electrons. The maximum absolute atomic E-state index is 12.4. The number of rotatable bonds is 13. The van der Waals surface area contributed by atoms with Gasteiger partial charge in [0.05, 0.1) is 19.0 Å². The Bertz CT molecular complexity index is 856. The first-order chi connectivity index (χ1) is 15.4. The van der Waals surface area contributed by atoms with E-state index in [1.165, 1.54) is 12.1 Å². The average Bonchev–Trinajstić information content (AvgIpc) is 2.71. The largest absolute Gasteiger partial charge is 0.508 e. The number of carboxylic acid groups (broad SMARTS) is 2. The van der Waals surface area contributed by atoms with Crippen molar-refractivity contribution < 1.29 is 39.3 Å². The number of carbonyl (C=O) groups excluding carboxylic acids is 3. The van der Waals surface area contributed by atoms with Gasteiger partial charge in [-0.3, -0.25) is 19.2 Å². The van der Waals surface area contributed by atoms with Gasteiger partial charge in [-0.05, 0) is 36.5 Å². The zero-order chi connectivity index (χ0) is 25.1. The van der Waals surface area contributed by atoms with Crippen LogP contribution in [-0.4, -0.2) is 69.7 Å². The predicted molar refractivity (Wildman–Crippen MR) is 116 cm³/mol. The SMILES string of the molecule is CC(C)CC(NC(=O)C(CC(=O)O)NC(=O)CNC(=O)C(N)Cc1ccc(O)cc1)C(=O)O. The molecule has 33 heavy (non-hydrogen) atoms. The first-order valence-electron chi connectivity index (χ1n) is 10.2. The second-order valence-corrected chi connectivity index (χ2v) is 7.94. The lowest BCUT2D eigenvalue weighted by atomic mass is 10.0. The summed E-state index contributed by atoms with van der Waals surface area (Å²) in [4.78, 5) is 59.1. The van der Waals surface area contributed by atoms with Crippen LogP contribution in [-0.2, 0) is 30.4 Å². The fourth-order valence-corrected chi connectivity index (χ4v) is 2.87. The molecule has 0 fully saturated rings. The minimum Gasteiger partial charge on any atom is -0.508 e. The number of nitrogens with one attached hydrogen (secondary N) is 3.